The molecule has 2 rings (SSSR count). The summed E-state index contributed by atoms with van der Waals surface area (Å²) in [6.45, 7) is 0. The summed E-state index contributed by atoms with van der Waals surface area (Å²) >= 11 is 0. The van der Waals surface area contributed by atoms with Crippen molar-refractivity contribution >= 4 is 12.4 Å². The fourth-order valence-corrected chi connectivity index (χ4v) is 2.36. The first-order valence-electron chi connectivity index (χ1n) is 5.49. The Labute approximate surface area is 105 Å². The SMILES string of the molecule is Cl.N[C@H](c1cc(F)c(F)cc1F)C1CCCC1. The molecule has 1 nitrogen and oxygen atoms in total. The normalized spacial score (nSPS) is 17.9. The first-order valence-corrected chi connectivity index (χ1v) is 5.49. The van der Waals surface area contributed by atoms with Gasteiger partial charge in [-0.2, -0.15) is 0 Å². The first kappa shape index (κ1) is 14.3. The van der Waals surface area contributed by atoms with E-state index in [1.54, 1.807) is 0 Å². The summed E-state index contributed by atoms with van der Waals surface area (Å²) < 4.78 is 39.2. The van der Waals surface area contributed by atoms with E-state index < -0.39 is 23.5 Å². The topological polar surface area (TPSA) is 26.0 Å². The van der Waals surface area contributed by atoms with Crippen molar-refractivity contribution in [3.63, 3.8) is 0 Å². The van der Waals surface area contributed by atoms with Crippen molar-refractivity contribution in [1.82, 2.24) is 0 Å². The third kappa shape index (κ3) is 2.93. The molecular formula is C12H15ClF3N. The Bertz CT molecular complexity index is 392. The van der Waals surface area contributed by atoms with E-state index in [0.717, 1.165) is 31.7 Å². The van der Waals surface area contributed by atoms with E-state index in [2.05, 4.69) is 0 Å². The second-order valence-electron chi connectivity index (χ2n) is 4.36. The summed E-state index contributed by atoms with van der Waals surface area (Å²) in [7, 11) is 0. The van der Waals surface area contributed by atoms with Crippen molar-refractivity contribution in [2.24, 2.45) is 11.7 Å². The Kier molecular flexibility index (Phi) is 4.83. The van der Waals surface area contributed by atoms with Gasteiger partial charge in [0.25, 0.3) is 0 Å². The highest BCUT2D eigenvalue weighted by atomic mass is 35.5. The molecule has 1 aromatic rings. The van der Waals surface area contributed by atoms with E-state index in [1.807, 2.05) is 0 Å². The van der Waals surface area contributed by atoms with Crippen LogP contribution in [-0.4, -0.2) is 0 Å². The molecule has 0 aromatic heterocycles. The first-order chi connectivity index (χ1) is 7.59. The van der Waals surface area contributed by atoms with Gasteiger partial charge in [0.05, 0.1) is 0 Å². The van der Waals surface area contributed by atoms with Gasteiger partial charge in [-0.05, 0) is 24.8 Å². The smallest absolute Gasteiger partial charge is 0.161 e. The van der Waals surface area contributed by atoms with Gasteiger partial charge in [-0.25, -0.2) is 13.2 Å². The molecule has 96 valence electrons. The quantitative estimate of drug-likeness (QED) is 0.811. The average molecular weight is 266 g/mol. The van der Waals surface area contributed by atoms with Crippen LogP contribution >= 0.6 is 12.4 Å². The maximum Gasteiger partial charge on any atom is 0.161 e. The highest BCUT2D eigenvalue weighted by molar-refractivity contribution is 5.85. The maximum atomic E-state index is 13.4. The molecule has 1 saturated carbocycles. The minimum atomic E-state index is -1.17. The van der Waals surface area contributed by atoms with Crippen molar-refractivity contribution in [2.45, 2.75) is 31.7 Å². The van der Waals surface area contributed by atoms with Crippen LogP contribution in [0.4, 0.5) is 13.2 Å². The van der Waals surface area contributed by atoms with Gasteiger partial charge in [-0.1, -0.05) is 12.8 Å². The molecule has 17 heavy (non-hydrogen) atoms. The van der Waals surface area contributed by atoms with Crippen molar-refractivity contribution < 1.29 is 13.2 Å². The molecule has 0 unspecified atom stereocenters. The van der Waals surface area contributed by atoms with Gasteiger partial charge < -0.3 is 5.73 Å². The van der Waals surface area contributed by atoms with E-state index in [1.165, 1.54) is 0 Å². The predicted octanol–water partition coefficient (Wildman–Crippen LogP) is 3.72. The molecule has 0 heterocycles. The van der Waals surface area contributed by atoms with Gasteiger partial charge in [0.15, 0.2) is 11.6 Å². The molecule has 1 aliphatic rings. The second kappa shape index (κ2) is 5.74. The number of benzene rings is 1. The Hall–Kier alpha value is -0.740. The summed E-state index contributed by atoms with van der Waals surface area (Å²) in [6, 6.07) is 0.922. The molecule has 1 atom stereocenters. The Morgan fingerprint density at radius 1 is 1.00 bits per heavy atom. The van der Waals surface area contributed by atoms with Crippen LogP contribution in [0.2, 0.25) is 0 Å². The molecule has 0 spiro atoms. The van der Waals surface area contributed by atoms with E-state index >= 15 is 0 Å². The highest BCUT2D eigenvalue weighted by Crippen LogP contribution is 2.35. The number of nitrogens with two attached hydrogens (primary N) is 1. The molecule has 1 aliphatic carbocycles. The van der Waals surface area contributed by atoms with Crippen LogP contribution in [0.3, 0.4) is 0 Å². The van der Waals surface area contributed by atoms with Crippen molar-refractivity contribution in [2.75, 3.05) is 0 Å². The molecule has 1 fully saturated rings. The molecular weight excluding hydrogens is 251 g/mol. The molecule has 0 bridgehead atoms. The van der Waals surface area contributed by atoms with Crippen LogP contribution < -0.4 is 5.73 Å². The Morgan fingerprint density at radius 2 is 1.53 bits per heavy atom. The van der Waals surface area contributed by atoms with Gasteiger partial charge in [0.2, 0.25) is 0 Å². The van der Waals surface area contributed by atoms with Crippen LogP contribution in [0.5, 0.6) is 0 Å². The zero-order valence-electron chi connectivity index (χ0n) is 9.26. The Morgan fingerprint density at radius 3 is 2.12 bits per heavy atom. The summed E-state index contributed by atoms with van der Waals surface area (Å²) in [5.74, 6) is -2.78. The number of hydrogen-bond acceptors (Lipinski definition) is 1. The molecule has 0 saturated heterocycles. The van der Waals surface area contributed by atoms with Gasteiger partial charge in [-0.3, -0.25) is 0 Å². The molecule has 0 radical (unpaired) electrons. The largest absolute Gasteiger partial charge is 0.324 e. The average Bonchev–Trinajstić information content (AvgIpc) is 2.75. The molecule has 1 aromatic carbocycles. The zero-order chi connectivity index (χ0) is 11.7. The van der Waals surface area contributed by atoms with Crippen molar-refractivity contribution in [1.29, 1.82) is 0 Å². The van der Waals surface area contributed by atoms with Gasteiger partial charge in [0.1, 0.15) is 5.82 Å². The van der Waals surface area contributed by atoms with Gasteiger partial charge >= 0.3 is 0 Å². The summed E-state index contributed by atoms with van der Waals surface area (Å²) in [4.78, 5) is 0. The fraction of sp³-hybridized carbons (Fsp3) is 0.500. The third-order valence-corrected chi connectivity index (χ3v) is 3.31. The minimum Gasteiger partial charge on any atom is -0.324 e. The number of hydrogen-bond donors (Lipinski definition) is 1. The van der Waals surface area contributed by atoms with Crippen LogP contribution in [0.1, 0.15) is 37.3 Å². The zero-order valence-corrected chi connectivity index (χ0v) is 10.1. The van der Waals surface area contributed by atoms with Crippen LogP contribution in [0.15, 0.2) is 12.1 Å². The van der Waals surface area contributed by atoms with Crippen LogP contribution in [0.25, 0.3) is 0 Å². The Balaban J connectivity index is 0.00000144. The lowest BCUT2D eigenvalue weighted by atomic mass is 9.92. The van der Waals surface area contributed by atoms with E-state index in [4.69, 9.17) is 5.73 Å². The summed E-state index contributed by atoms with van der Waals surface area (Å²) in [5.41, 5.74) is 5.98. The maximum absolute atomic E-state index is 13.4. The fourth-order valence-electron chi connectivity index (χ4n) is 2.36. The lowest BCUT2D eigenvalue weighted by Gasteiger charge is -2.19. The van der Waals surface area contributed by atoms with E-state index in [9.17, 15) is 13.2 Å². The summed E-state index contributed by atoms with van der Waals surface area (Å²) in [6.07, 6.45) is 4.01. The lowest BCUT2D eigenvalue weighted by molar-refractivity contribution is 0.419. The monoisotopic (exact) mass is 265 g/mol. The highest BCUT2D eigenvalue weighted by Gasteiger charge is 2.26. The van der Waals surface area contributed by atoms with E-state index in [0.29, 0.717) is 6.07 Å². The number of halogens is 4. The standard InChI is InChI=1S/C12H14F3N.ClH/c13-9-6-11(15)10(14)5-8(9)12(16)7-3-1-2-4-7;/h5-7,12H,1-4,16H2;1H/t12-;/m0./s1. The minimum absolute atomic E-state index is 0. The van der Waals surface area contributed by atoms with E-state index in [-0.39, 0.29) is 23.9 Å². The van der Waals surface area contributed by atoms with Crippen molar-refractivity contribution in [3.05, 3.63) is 35.1 Å². The summed E-state index contributed by atoms with van der Waals surface area (Å²) in [5, 5.41) is 0. The predicted molar refractivity (Wildman–Crippen MR) is 62.5 cm³/mol. The molecule has 2 N–H and O–H groups in total. The lowest BCUT2D eigenvalue weighted by Crippen LogP contribution is -2.20. The molecule has 5 heteroatoms. The number of rotatable bonds is 2. The van der Waals surface area contributed by atoms with Crippen LogP contribution in [0, 0.1) is 23.4 Å². The van der Waals surface area contributed by atoms with Crippen LogP contribution in [-0.2, 0) is 0 Å². The van der Waals surface area contributed by atoms with Gasteiger partial charge in [-0.15, -0.1) is 12.4 Å². The molecule has 0 aliphatic heterocycles. The van der Waals surface area contributed by atoms with Crippen molar-refractivity contribution in [3.8, 4) is 0 Å². The third-order valence-electron chi connectivity index (χ3n) is 3.31. The van der Waals surface area contributed by atoms with Gasteiger partial charge in [0, 0.05) is 17.7 Å². The molecule has 0 amide bonds. The second-order valence-corrected chi connectivity index (χ2v) is 4.36.